The number of rotatable bonds is 4. The molecule has 1 aliphatic heterocycles. The highest BCUT2D eigenvalue weighted by molar-refractivity contribution is 7.09. The van der Waals surface area contributed by atoms with Crippen molar-refractivity contribution in [1.82, 2.24) is 9.63 Å². The molecule has 0 saturated heterocycles. The molecule has 7 nitrogen and oxygen atoms in total. The van der Waals surface area contributed by atoms with E-state index in [4.69, 9.17) is 4.84 Å². The maximum absolute atomic E-state index is 12.4. The van der Waals surface area contributed by atoms with Gasteiger partial charge in [0.15, 0.2) is 0 Å². The number of carbonyl (C=O) groups is 3. The number of aryl methyl sites for hydroxylation is 1. The summed E-state index contributed by atoms with van der Waals surface area (Å²) in [5, 5.41) is 0.444. The van der Waals surface area contributed by atoms with Crippen LogP contribution >= 0.6 is 11.3 Å². The minimum Gasteiger partial charge on any atom is -0.328 e. The Morgan fingerprint density at radius 2 is 1.50 bits per heavy atom. The zero-order valence-electron chi connectivity index (χ0n) is 14.7. The van der Waals surface area contributed by atoms with Gasteiger partial charge in [-0.2, -0.15) is 0 Å². The Morgan fingerprint density at radius 1 is 0.929 bits per heavy atom. The van der Waals surface area contributed by atoms with Crippen LogP contribution in [0, 0.1) is 6.92 Å². The number of carbonyl (C=O) groups excluding carboxylic acids is 3. The van der Waals surface area contributed by atoms with Crippen LogP contribution in [0.1, 0.15) is 25.6 Å². The molecular formula is C20H14N2O5S. The number of fused-ring (bicyclic) bond motifs is 1. The smallest absolute Gasteiger partial charge is 0.328 e. The van der Waals surface area contributed by atoms with Gasteiger partial charge in [-0.15, -0.1) is 0 Å². The highest BCUT2D eigenvalue weighted by Gasteiger charge is 2.38. The van der Waals surface area contributed by atoms with E-state index >= 15 is 0 Å². The lowest BCUT2D eigenvalue weighted by molar-refractivity contribution is -0.169. The zero-order valence-corrected chi connectivity index (χ0v) is 15.6. The van der Waals surface area contributed by atoms with Crippen LogP contribution in [0.3, 0.4) is 0 Å². The monoisotopic (exact) mass is 394 g/mol. The molecule has 1 aliphatic rings. The van der Waals surface area contributed by atoms with Crippen LogP contribution < -0.4 is 4.87 Å². The largest absolute Gasteiger partial charge is 0.352 e. The number of benzene rings is 2. The van der Waals surface area contributed by atoms with E-state index in [-0.39, 0.29) is 16.0 Å². The van der Waals surface area contributed by atoms with Gasteiger partial charge in [0.05, 0.1) is 16.8 Å². The molecule has 2 aromatic carbocycles. The fourth-order valence-electron chi connectivity index (χ4n) is 3.12. The first-order chi connectivity index (χ1) is 13.5. The molecule has 0 fully saturated rings. The van der Waals surface area contributed by atoms with Crippen molar-refractivity contribution in [2.45, 2.75) is 13.5 Å². The zero-order chi connectivity index (χ0) is 19.8. The van der Waals surface area contributed by atoms with E-state index in [0.29, 0.717) is 10.8 Å². The summed E-state index contributed by atoms with van der Waals surface area (Å²) in [4.78, 5) is 54.9. The van der Waals surface area contributed by atoms with Crippen molar-refractivity contribution in [2.75, 3.05) is 0 Å². The predicted molar refractivity (Wildman–Crippen MR) is 102 cm³/mol. The Hall–Kier alpha value is -3.52. The van der Waals surface area contributed by atoms with Gasteiger partial charge in [0.25, 0.3) is 11.8 Å². The third-order valence-electron chi connectivity index (χ3n) is 4.35. The van der Waals surface area contributed by atoms with Crippen LogP contribution in [0.25, 0.3) is 11.3 Å². The van der Waals surface area contributed by atoms with Crippen molar-refractivity contribution in [2.24, 2.45) is 0 Å². The summed E-state index contributed by atoms with van der Waals surface area (Å²) >= 11 is 1.02. The van der Waals surface area contributed by atoms with Crippen LogP contribution in [-0.4, -0.2) is 27.4 Å². The van der Waals surface area contributed by atoms with Crippen molar-refractivity contribution in [3.8, 4) is 11.3 Å². The van der Waals surface area contributed by atoms with E-state index < -0.39 is 24.3 Å². The maximum atomic E-state index is 12.4. The Labute approximate surface area is 163 Å². The number of imide groups is 1. The first-order valence-electron chi connectivity index (χ1n) is 8.41. The summed E-state index contributed by atoms with van der Waals surface area (Å²) in [6.07, 6.45) is 0. The molecule has 2 amide bonds. The minimum absolute atomic E-state index is 0.175. The summed E-state index contributed by atoms with van der Waals surface area (Å²) in [6.45, 7) is 1.38. The maximum Gasteiger partial charge on any atom is 0.352 e. The van der Waals surface area contributed by atoms with Crippen LogP contribution in [-0.2, 0) is 16.2 Å². The molecule has 3 aromatic rings. The minimum atomic E-state index is -0.883. The topological polar surface area (TPSA) is 85.7 Å². The van der Waals surface area contributed by atoms with Gasteiger partial charge in [-0.05, 0) is 24.6 Å². The Kier molecular flexibility index (Phi) is 4.40. The standard InChI is InChI=1S/C20H14N2O5S/c1-12-17(13-7-3-2-4-8-13)21(20(26)28-12)11-16(23)27-22-18(24)14-9-5-6-10-15(14)19(22)25/h2-10H,11H2,1H3. The molecule has 1 aromatic heterocycles. The Morgan fingerprint density at radius 3 is 2.11 bits per heavy atom. The molecule has 0 aliphatic carbocycles. The molecule has 2 heterocycles. The number of amides is 2. The van der Waals surface area contributed by atoms with Crippen molar-refractivity contribution >= 4 is 29.1 Å². The lowest BCUT2D eigenvalue weighted by Crippen LogP contribution is -2.35. The molecule has 4 rings (SSSR count). The lowest BCUT2D eigenvalue weighted by Gasteiger charge is -2.14. The van der Waals surface area contributed by atoms with Gasteiger partial charge in [0.2, 0.25) is 0 Å². The molecule has 8 heteroatoms. The van der Waals surface area contributed by atoms with E-state index in [1.165, 1.54) is 16.7 Å². The van der Waals surface area contributed by atoms with Gasteiger partial charge in [-0.3, -0.25) is 19.0 Å². The van der Waals surface area contributed by atoms with E-state index in [9.17, 15) is 19.2 Å². The molecular weight excluding hydrogens is 380 g/mol. The average Bonchev–Trinajstić information content (AvgIpc) is 3.10. The van der Waals surface area contributed by atoms with Gasteiger partial charge < -0.3 is 4.84 Å². The first kappa shape index (κ1) is 17.9. The molecule has 0 N–H and O–H groups in total. The van der Waals surface area contributed by atoms with Crippen molar-refractivity contribution in [3.63, 3.8) is 0 Å². The second-order valence-corrected chi connectivity index (χ2v) is 7.30. The van der Waals surface area contributed by atoms with Crippen molar-refractivity contribution in [3.05, 3.63) is 80.3 Å². The number of hydrogen-bond acceptors (Lipinski definition) is 6. The number of nitrogens with zero attached hydrogens (tertiary/aromatic N) is 2. The highest BCUT2D eigenvalue weighted by Crippen LogP contribution is 2.26. The van der Waals surface area contributed by atoms with Gasteiger partial charge in [0.1, 0.15) is 6.54 Å². The molecule has 0 bridgehead atoms. The van der Waals surface area contributed by atoms with E-state index in [1.807, 2.05) is 30.3 Å². The molecule has 28 heavy (non-hydrogen) atoms. The Bertz CT molecular complexity index is 1130. The van der Waals surface area contributed by atoms with Crippen LogP contribution in [0.15, 0.2) is 59.4 Å². The first-order valence-corrected chi connectivity index (χ1v) is 9.23. The van der Waals surface area contributed by atoms with Gasteiger partial charge in [-0.1, -0.05) is 58.9 Å². The highest BCUT2D eigenvalue weighted by atomic mass is 32.1. The quantitative estimate of drug-likeness (QED) is 0.635. The van der Waals surface area contributed by atoms with Crippen molar-refractivity contribution < 1.29 is 19.2 Å². The third-order valence-corrected chi connectivity index (χ3v) is 5.24. The van der Waals surface area contributed by atoms with E-state index in [2.05, 4.69) is 0 Å². The second-order valence-electron chi connectivity index (χ2n) is 6.14. The molecule has 0 unspecified atom stereocenters. The van der Waals surface area contributed by atoms with Gasteiger partial charge in [0, 0.05) is 4.88 Å². The van der Waals surface area contributed by atoms with Crippen molar-refractivity contribution in [1.29, 1.82) is 0 Å². The van der Waals surface area contributed by atoms with Gasteiger partial charge >= 0.3 is 10.8 Å². The average molecular weight is 394 g/mol. The van der Waals surface area contributed by atoms with Crippen LogP contribution in [0.5, 0.6) is 0 Å². The fraction of sp³-hybridized carbons (Fsp3) is 0.100. The summed E-state index contributed by atoms with van der Waals surface area (Å²) in [5.41, 5.74) is 1.74. The SMILES string of the molecule is Cc1sc(=O)n(CC(=O)ON2C(=O)c3ccccc3C2=O)c1-c1ccccc1. The van der Waals surface area contributed by atoms with E-state index in [1.54, 1.807) is 19.1 Å². The molecule has 0 atom stereocenters. The second kappa shape index (κ2) is 6.90. The van der Waals surface area contributed by atoms with Crippen LogP contribution in [0.4, 0.5) is 0 Å². The predicted octanol–water partition coefficient (Wildman–Crippen LogP) is 2.64. The summed E-state index contributed by atoms with van der Waals surface area (Å²) in [5.74, 6) is -2.29. The lowest BCUT2D eigenvalue weighted by atomic mass is 10.1. The summed E-state index contributed by atoms with van der Waals surface area (Å²) in [7, 11) is 0. The number of hydrogen-bond donors (Lipinski definition) is 0. The normalized spacial score (nSPS) is 13.0. The van der Waals surface area contributed by atoms with E-state index in [0.717, 1.165) is 21.8 Å². The number of aromatic nitrogens is 1. The molecule has 140 valence electrons. The summed E-state index contributed by atoms with van der Waals surface area (Å²) in [6, 6.07) is 15.4. The Balaban J connectivity index is 1.59. The molecule has 0 spiro atoms. The van der Waals surface area contributed by atoms with Gasteiger partial charge in [-0.25, -0.2) is 4.79 Å². The third kappa shape index (κ3) is 2.93. The molecule has 0 radical (unpaired) electrons. The molecule has 0 saturated carbocycles. The van der Waals surface area contributed by atoms with Crippen LogP contribution in [0.2, 0.25) is 0 Å². The number of thiazole rings is 1. The summed E-state index contributed by atoms with van der Waals surface area (Å²) < 4.78 is 1.29. The fourth-order valence-corrected chi connectivity index (χ4v) is 3.98. The number of hydroxylamine groups is 2.